The molecule has 3 rings (SSSR count). The maximum atomic E-state index is 12.5. The Bertz CT molecular complexity index is 784. The summed E-state index contributed by atoms with van der Waals surface area (Å²) in [5.41, 5.74) is 6.26. The molecule has 0 amide bonds. The molecule has 1 aliphatic carbocycles. The molecule has 1 radical (unpaired) electrons. The van der Waals surface area contributed by atoms with E-state index in [9.17, 15) is 9.90 Å². The summed E-state index contributed by atoms with van der Waals surface area (Å²) in [5.74, 6) is 0.197. The molecule has 0 aliphatic heterocycles. The molecular formula is C24H29O2Y-. The number of hydrogen-bond donors (Lipinski definition) is 1. The third-order valence-electron chi connectivity index (χ3n) is 5.81. The second-order valence-electron chi connectivity index (χ2n) is 7.75. The van der Waals surface area contributed by atoms with Gasteiger partial charge in [-0.2, -0.15) is 6.42 Å². The van der Waals surface area contributed by atoms with Crippen molar-refractivity contribution >= 4 is 5.78 Å². The Morgan fingerprint density at radius 3 is 2.56 bits per heavy atom. The summed E-state index contributed by atoms with van der Waals surface area (Å²) in [5, 5.41) is 10.5. The number of rotatable bonds is 6. The Kier molecular flexibility index (Phi) is 8.40. The minimum absolute atomic E-state index is 0. The van der Waals surface area contributed by atoms with E-state index in [4.69, 9.17) is 0 Å². The molecule has 0 bridgehead atoms. The van der Waals surface area contributed by atoms with Crippen LogP contribution in [0.5, 0.6) is 0 Å². The van der Waals surface area contributed by atoms with Crippen molar-refractivity contribution in [2.75, 3.05) is 0 Å². The Labute approximate surface area is 188 Å². The zero-order valence-electron chi connectivity index (χ0n) is 16.4. The van der Waals surface area contributed by atoms with Gasteiger partial charge in [-0.05, 0) is 55.7 Å². The van der Waals surface area contributed by atoms with Gasteiger partial charge in [0.2, 0.25) is 0 Å². The molecule has 27 heavy (non-hydrogen) atoms. The Balaban J connectivity index is 0.00000261. The number of carbonyl (C=O) groups excluding carboxylic acids is 1. The van der Waals surface area contributed by atoms with Crippen LogP contribution in [0.1, 0.15) is 40.7 Å². The van der Waals surface area contributed by atoms with Gasteiger partial charge in [0, 0.05) is 45.0 Å². The van der Waals surface area contributed by atoms with E-state index in [1.54, 1.807) is 0 Å². The minimum Gasteiger partial charge on any atom is -0.392 e. The van der Waals surface area contributed by atoms with Crippen LogP contribution in [0.3, 0.4) is 0 Å². The molecular weight excluding hydrogens is 409 g/mol. The SMILES string of the molecule is [CH2-]Cc1cccc(C[C@H]2C(O)CC(=O)[C@@H]2CCc2ccc(C)cc2C)c1.[Y]. The van der Waals surface area contributed by atoms with Crippen LogP contribution in [0.2, 0.25) is 0 Å². The molecule has 2 nitrogen and oxygen atoms in total. The van der Waals surface area contributed by atoms with Crippen molar-refractivity contribution in [3.8, 4) is 0 Å². The van der Waals surface area contributed by atoms with Crippen LogP contribution in [0.25, 0.3) is 0 Å². The van der Waals surface area contributed by atoms with Crippen molar-refractivity contribution in [2.45, 2.75) is 52.1 Å². The molecule has 1 fully saturated rings. The molecule has 1 saturated carbocycles. The smallest absolute Gasteiger partial charge is 0.138 e. The van der Waals surface area contributed by atoms with Crippen molar-refractivity contribution < 1.29 is 42.6 Å². The van der Waals surface area contributed by atoms with Crippen LogP contribution in [-0.2, 0) is 56.8 Å². The van der Waals surface area contributed by atoms with Gasteiger partial charge in [0.05, 0.1) is 6.10 Å². The molecule has 0 aromatic heterocycles. The molecule has 3 heteroatoms. The third kappa shape index (κ3) is 5.59. The van der Waals surface area contributed by atoms with Gasteiger partial charge in [0.15, 0.2) is 0 Å². The molecule has 2 aromatic rings. The zero-order valence-corrected chi connectivity index (χ0v) is 19.3. The van der Waals surface area contributed by atoms with Gasteiger partial charge in [-0.15, -0.1) is 0 Å². The van der Waals surface area contributed by atoms with E-state index < -0.39 is 6.10 Å². The zero-order chi connectivity index (χ0) is 18.7. The minimum atomic E-state index is -0.518. The Morgan fingerprint density at radius 1 is 1.11 bits per heavy atom. The van der Waals surface area contributed by atoms with Crippen molar-refractivity contribution in [2.24, 2.45) is 11.8 Å². The Hall–Kier alpha value is -0.826. The van der Waals surface area contributed by atoms with E-state index in [-0.39, 0.29) is 50.3 Å². The van der Waals surface area contributed by atoms with Crippen molar-refractivity contribution in [1.29, 1.82) is 0 Å². The second kappa shape index (κ2) is 10.1. The monoisotopic (exact) mass is 438 g/mol. The summed E-state index contributed by atoms with van der Waals surface area (Å²) in [7, 11) is 0. The number of ketones is 1. The van der Waals surface area contributed by atoms with E-state index in [1.807, 2.05) is 6.07 Å². The van der Waals surface area contributed by atoms with Gasteiger partial charge in [-0.3, -0.25) is 4.79 Å². The first-order valence-electron chi connectivity index (χ1n) is 9.62. The number of Topliss-reactive ketones (excluding diaryl/α,β-unsaturated/α-hetero) is 1. The number of aliphatic hydroxyl groups excluding tert-OH is 1. The predicted octanol–water partition coefficient (Wildman–Crippen LogP) is 4.42. The first-order valence-corrected chi connectivity index (χ1v) is 9.62. The van der Waals surface area contributed by atoms with Gasteiger partial charge in [-0.1, -0.05) is 53.6 Å². The summed E-state index contributed by atoms with van der Waals surface area (Å²) < 4.78 is 0. The topological polar surface area (TPSA) is 37.3 Å². The van der Waals surface area contributed by atoms with Crippen LogP contribution in [0, 0.1) is 32.6 Å². The molecule has 2 aromatic carbocycles. The molecule has 3 atom stereocenters. The fourth-order valence-corrected chi connectivity index (χ4v) is 4.29. The molecule has 0 spiro atoms. The quantitative estimate of drug-likeness (QED) is 0.679. The van der Waals surface area contributed by atoms with Crippen molar-refractivity contribution in [3.05, 3.63) is 77.2 Å². The van der Waals surface area contributed by atoms with Crippen LogP contribution in [-0.4, -0.2) is 17.0 Å². The van der Waals surface area contributed by atoms with Gasteiger partial charge >= 0.3 is 0 Å². The molecule has 1 unspecified atom stereocenters. The first-order chi connectivity index (χ1) is 12.5. The van der Waals surface area contributed by atoms with E-state index in [1.165, 1.54) is 27.8 Å². The third-order valence-corrected chi connectivity index (χ3v) is 5.81. The van der Waals surface area contributed by atoms with Gasteiger partial charge < -0.3 is 12.0 Å². The fourth-order valence-electron chi connectivity index (χ4n) is 4.29. The van der Waals surface area contributed by atoms with Crippen molar-refractivity contribution in [1.82, 2.24) is 0 Å². The van der Waals surface area contributed by atoms with E-state index >= 15 is 0 Å². The standard InChI is InChI=1S/C24H29O2.Y/c1-4-18-6-5-7-19(13-18)14-22-21(23(25)15-24(22)26)11-10-20-9-8-16(2)12-17(20)3;/h5-9,12-13,21-22,24,26H,1,4,10-11,14-15H2,2-3H3;/q-1;/t21-,22-,24?;/m1./s1. The molecule has 0 saturated heterocycles. The van der Waals surface area contributed by atoms with Crippen LogP contribution < -0.4 is 0 Å². The maximum Gasteiger partial charge on any atom is 0.138 e. The van der Waals surface area contributed by atoms with Gasteiger partial charge in [0.25, 0.3) is 0 Å². The normalized spacial score (nSPS) is 21.9. The predicted molar refractivity (Wildman–Crippen MR) is 106 cm³/mol. The summed E-state index contributed by atoms with van der Waals surface area (Å²) in [6.07, 6.45) is 3.02. The number of benzene rings is 2. The maximum absolute atomic E-state index is 12.5. The van der Waals surface area contributed by atoms with E-state index in [2.05, 4.69) is 57.2 Å². The van der Waals surface area contributed by atoms with Crippen LogP contribution in [0.15, 0.2) is 42.5 Å². The number of aliphatic hydroxyl groups is 1. The van der Waals surface area contributed by atoms with Crippen LogP contribution >= 0.6 is 0 Å². The number of hydrogen-bond acceptors (Lipinski definition) is 2. The summed E-state index contributed by atoms with van der Waals surface area (Å²) in [6, 6.07) is 14.9. The summed E-state index contributed by atoms with van der Waals surface area (Å²) in [6.45, 7) is 8.18. The second-order valence-corrected chi connectivity index (χ2v) is 7.75. The molecule has 141 valence electrons. The molecule has 1 aliphatic rings. The number of carbonyl (C=O) groups is 1. The van der Waals surface area contributed by atoms with Crippen LogP contribution in [0.4, 0.5) is 0 Å². The molecule has 0 heterocycles. The largest absolute Gasteiger partial charge is 0.392 e. The number of aryl methyl sites for hydroxylation is 3. The van der Waals surface area contributed by atoms with E-state index in [0.29, 0.717) is 6.42 Å². The molecule has 1 N–H and O–H groups in total. The van der Waals surface area contributed by atoms with Gasteiger partial charge in [-0.25, -0.2) is 0 Å². The average Bonchev–Trinajstić information content (AvgIpc) is 2.88. The summed E-state index contributed by atoms with van der Waals surface area (Å²) in [4.78, 5) is 12.5. The fraction of sp³-hybridized carbons (Fsp3) is 0.417. The van der Waals surface area contributed by atoms with E-state index in [0.717, 1.165) is 25.7 Å². The first kappa shape index (κ1) is 22.5. The average molecular weight is 438 g/mol. The van der Waals surface area contributed by atoms with Gasteiger partial charge in [0.1, 0.15) is 5.78 Å². The van der Waals surface area contributed by atoms with Crippen molar-refractivity contribution in [3.63, 3.8) is 0 Å². The summed E-state index contributed by atoms with van der Waals surface area (Å²) >= 11 is 0. The Morgan fingerprint density at radius 2 is 1.85 bits per heavy atom.